The average molecular weight is 495 g/mol. The fraction of sp³-hybridized carbons (Fsp3) is 0.0833. The van der Waals surface area contributed by atoms with Crippen LogP contribution in [0.25, 0.3) is 22.1 Å². The molecule has 172 valence electrons. The van der Waals surface area contributed by atoms with E-state index in [9.17, 15) is 13.2 Å². The van der Waals surface area contributed by atoms with Crippen molar-refractivity contribution in [3.05, 3.63) is 78.6 Å². The molecule has 0 fully saturated rings. The number of furan rings is 1. The Bertz CT molecular complexity index is 1570. The molecule has 0 saturated heterocycles. The van der Waals surface area contributed by atoms with Gasteiger partial charge in [0.2, 0.25) is 5.78 Å². The second kappa shape index (κ2) is 8.88. The van der Waals surface area contributed by atoms with Gasteiger partial charge in [-0.15, -0.1) is 0 Å². The van der Waals surface area contributed by atoms with Crippen molar-refractivity contribution >= 4 is 55.3 Å². The predicted octanol–water partition coefficient (Wildman–Crippen LogP) is 5.36. The minimum Gasteiger partial charge on any atom is -0.497 e. The number of carbonyl (C=O) groups is 1. The lowest BCUT2D eigenvalue weighted by molar-refractivity contribution is 0.0994. The van der Waals surface area contributed by atoms with Crippen LogP contribution >= 0.6 is 11.8 Å². The standard InChI is InChI=1S/C24H18N2O6S2/c1-30-17-8-6-16(7-9-17)26-34(28,29)18-10-11-22-19(13-18)25-24(32-22)33-14-20(27)23-12-15-4-2-3-5-21(15)31-23/h2-13,26H,14H2,1H3. The van der Waals surface area contributed by atoms with Gasteiger partial charge in [-0.1, -0.05) is 30.0 Å². The van der Waals surface area contributed by atoms with Gasteiger partial charge in [0.15, 0.2) is 11.3 Å². The fourth-order valence-corrected chi connectivity index (χ4v) is 5.09. The topological polar surface area (TPSA) is 112 Å². The smallest absolute Gasteiger partial charge is 0.261 e. The van der Waals surface area contributed by atoms with Crippen molar-refractivity contribution < 1.29 is 26.8 Å². The van der Waals surface area contributed by atoms with Gasteiger partial charge in [-0.3, -0.25) is 9.52 Å². The molecule has 5 rings (SSSR count). The summed E-state index contributed by atoms with van der Waals surface area (Å²) in [5, 5.41) is 1.12. The molecule has 34 heavy (non-hydrogen) atoms. The van der Waals surface area contributed by atoms with Crippen LogP contribution in [0.4, 0.5) is 5.69 Å². The van der Waals surface area contributed by atoms with E-state index in [2.05, 4.69) is 9.71 Å². The average Bonchev–Trinajstić information content (AvgIpc) is 3.46. The van der Waals surface area contributed by atoms with Crippen LogP contribution in [-0.2, 0) is 10.0 Å². The Morgan fingerprint density at radius 1 is 1.00 bits per heavy atom. The summed E-state index contributed by atoms with van der Waals surface area (Å²) in [5.41, 5.74) is 1.84. The van der Waals surface area contributed by atoms with Gasteiger partial charge in [0.25, 0.3) is 15.2 Å². The summed E-state index contributed by atoms with van der Waals surface area (Å²) >= 11 is 1.11. The first-order valence-electron chi connectivity index (χ1n) is 10.1. The maximum absolute atomic E-state index is 12.8. The van der Waals surface area contributed by atoms with E-state index in [0.29, 0.717) is 28.1 Å². The van der Waals surface area contributed by atoms with Gasteiger partial charge >= 0.3 is 0 Å². The van der Waals surface area contributed by atoms with Crippen molar-refractivity contribution in [1.29, 1.82) is 0 Å². The number of oxazole rings is 1. The van der Waals surface area contributed by atoms with Gasteiger partial charge in [0, 0.05) is 11.1 Å². The van der Waals surface area contributed by atoms with Crippen LogP contribution < -0.4 is 9.46 Å². The number of ether oxygens (including phenoxy) is 1. The predicted molar refractivity (Wildman–Crippen MR) is 129 cm³/mol. The SMILES string of the molecule is COc1ccc(NS(=O)(=O)c2ccc3oc(SCC(=O)c4cc5ccccc5o4)nc3c2)cc1. The fourth-order valence-electron chi connectivity index (χ4n) is 3.31. The molecule has 1 N–H and O–H groups in total. The minimum absolute atomic E-state index is 0.0408. The summed E-state index contributed by atoms with van der Waals surface area (Å²) in [6.45, 7) is 0. The summed E-state index contributed by atoms with van der Waals surface area (Å²) in [4.78, 5) is 16.9. The number of thioether (sulfide) groups is 1. The molecule has 0 radical (unpaired) electrons. The number of fused-ring (bicyclic) bond motifs is 2. The molecule has 0 aliphatic carbocycles. The first kappa shape index (κ1) is 22.1. The van der Waals surface area contributed by atoms with E-state index in [0.717, 1.165) is 17.1 Å². The van der Waals surface area contributed by atoms with E-state index in [1.807, 2.05) is 18.2 Å². The first-order valence-corrected chi connectivity index (χ1v) is 12.6. The van der Waals surface area contributed by atoms with Gasteiger partial charge in [-0.05, 0) is 54.6 Å². The van der Waals surface area contributed by atoms with Gasteiger partial charge in [0.1, 0.15) is 16.8 Å². The molecule has 0 aliphatic rings. The molecule has 10 heteroatoms. The number of hydrogen-bond acceptors (Lipinski definition) is 8. The highest BCUT2D eigenvalue weighted by Crippen LogP contribution is 2.28. The number of rotatable bonds is 8. The summed E-state index contributed by atoms with van der Waals surface area (Å²) in [5.74, 6) is 0.755. The maximum atomic E-state index is 12.8. The van der Waals surface area contributed by atoms with Crippen LogP contribution in [0.15, 0.2) is 91.7 Å². The van der Waals surface area contributed by atoms with E-state index in [4.69, 9.17) is 13.6 Å². The molecule has 0 unspecified atom stereocenters. The van der Waals surface area contributed by atoms with E-state index < -0.39 is 10.0 Å². The van der Waals surface area contributed by atoms with Crippen molar-refractivity contribution in [2.24, 2.45) is 0 Å². The molecular weight excluding hydrogens is 476 g/mol. The Morgan fingerprint density at radius 2 is 1.79 bits per heavy atom. The minimum atomic E-state index is -3.84. The van der Waals surface area contributed by atoms with Gasteiger partial charge in [0.05, 0.1) is 17.8 Å². The molecule has 2 heterocycles. The van der Waals surface area contributed by atoms with Crippen LogP contribution in [0.2, 0.25) is 0 Å². The Labute approximate surface area is 199 Å². The molecule has 0 aliphatic heterocycles. The molecule has 0 atom stereocenters. The number of Topliss-reactive ketones (excluding diaryl/α,β-unsaturated/α-hetero) is 1. The van der Waals surface area contributed by atoms with Crippen LogP contribution in [0.1, 0.15) is 10.6 Å². The summed E-state index contributed by atoms with van der Waals surface area (Å²) in [6, 6.07) is 20.0. The maximum Gasteiger partial charge on any atom is 0.261 e. The molecule has 5 aromatic rings. The van der Waals surface area contributed by atoms with Crippen LogP contribution in [0.5, 0.6) is 5.75 Å². The summed E-state index contributed by atoms with van der Waals surface area (Å²) in [7, 11) is -2.30. The highest BCUT2D eigenvalue weighted by molar-refractivity contribution is 7.99. The van der Waals surface area contributed by atoms with Crippen LogP contribution in [-0.4, -0.2) is 32.0 Å². The zero-order chi connectivity index (χ0) is 23.7. The number of methoxy groups -OCH3 is 1. The number of nitrogens with one attached hydrogen (secondary N) is 1. The number of sulfonamides is 1. The van der Waals surface area contributed by atoms with Crippen LogP contribution in [0, 0.1) is 0 Å². The zero-order valence-electron chi connectivity index (χ0n) is 17.8. The highest BCUT2D eigenvalue weighted by Gasteiger charge is 2.18. The van der Waals surface area contributed by atoms with Gasteiger partial charge in [-0.25, -0.2) is 13.4 Å². The van der Waals surface area contributed by atoms with Gasteiger partial charge in [-0.2, -0.15) is 0 Å². The number of para-hydroxylation sites is 1. The Balaban J connectivity index is 1.30. The molecule has 3 aromatic carbocycles. The summed E-state index contributed by atoms with van der Waals surface area (Å²) in [6.07, 6.45) is 0. The lowest BCUT2D eigenvalue weighted by Gasteiger charge is -2.08. The third-order valence-corrected chi connectivity index (χ3v) is 7.23. The molecular formula is C24H18N2O6S2. The lowest BCUT2D eigenvalue weighted by atomic mass is 10.2. The van der Waals surface area contributed by atoms with Crippen molar-refractivity contribution in [2.45, 2.75) is 10.1 Å². The summed E-state index contributed by atoms with van der Waals surface area (Å²) < 4.78 is 44.5. The van der Waals surface area contributed by atoms with Crippen LogP contribution in [0.3, 0.4) is 0 Å². The lowest BCUT2D eigenvalue weighted by Crippen LogP contribution is -2.12. The van der Waals surface area contributed by atoms with E-state index in [-0.39, 0.29) is 27.4 Å². The molecule has 0 bridgehead atoms. The monoisotopic (exact) mass is 494 g/mol. The van der Waals surface area contributed by atoms with Crippen molar-refractivity contribution in [1.82, 2.24) is 4.98 Å². The number of nitrogens with zero attached hydrogens (tertiary/aromatic N) is 1. The molecule has 0 saturated carbocycles. The number of carbonyl (C=O) groups excluding carboxylic acids is 1. The molecule has 2 aromatic heterocycles. The first-order chi connectivity index (χ1) is 16.4. The van der Waals surface area contributed by atoms with Crippen molar-refractivity contribution in [3.63, 3.8) is 0 Å². The Hall–Kier alpha value is -3.76. The number of anilines is 1. The number of benzene rings is 3. The normalized spacial score (nSPS) is 11.7. The number of hydrogen-bond donors (Lipinski definition) is 1. The quantitative estimate of drug-likeness (QED) is 0.227. The van der Waals surface area contributed by atoms with Crippen molar-refractivity contribution in [2.75, 3.05) is 17.6 Å². The molecule has 0 amide bonds. The Morgan fingerprint density at radius 3 is 2.56 bits per heavy atom. The second-order valence-electron chi connectivity index (χ2n) is 7.30. The van der Waals surface area contributed by atoms with Crippen molar-refractivity contribution in [3.8, 4) is 5.75 Å². The number of ketones is 1. The second-order valence-corrected chi connectivity index (χ2v) is 9.91. The third kappa shape index (κ3) is 4.50. The zero-order valence-corrected chi connectivity index (χ0v) is 19.5. The highest BCUT2D eigenvalue weighted by atomic mass is 32.2. The van der Waals surface area contributed by atoms with E-state index in [1.54, 1.807) is 36.4 Å². The number of aromatic nitrogens is 1. The van der Waals surface area contributed by atoms with E-state index in [1.165, 1.54) is 25.3 Å². The van der Waals surface area contributed by atoms with Gasteiger partial charge < -0.3 is 13.6 Å². The molecule has 0 spiro atoms. The largest absolute Gasteiger partial charge is 0.497 e. The van der Waals surface area contributed by atoms with E-state index >= 15 is 0 Å². The molecule has 8 nitrogen and oxygen atoms in total. The third-order valence-electron chi connectivity index (χ3n) is 5.02. The Kier molecular flexibility index (Phi) is 5.76.